The van der Waals surface area contributed by atoms with Gasteiger partial charge in [-0.05, 0) is 0 Å². The highest BCUT2D eigenvalue weighted by Crippen LogP contribution is 2.14. The summed E-state index contributed by atoms with van der Waals surface area (Å²) in [5.74, 6) is 0. The lowest BCUT2D eigenvalue weighted by Crippen LogP contribution is -1.83. The minimum atomic E-state index is -2.58. The Bertz CT molecular complexity index is 170. The van der Waals surface area contributed by atoms with Crippen molar-refractivity contribution in [2.45, 2.75) is 0 Å². The Hall–Kier alpha value is -0.220. The quantitative estimate of drug-likeness (QED) is 0.503. The van der Waals surface area contributed by atoms with Crippen molar-refractivity contribution in [1.29, 1.82) is 0 Å². The highest BCUT2D eigenvalue weighted by molar-refractivity contribution is 7.32. The first-order valence-electron chi connectivity index (χ1n) is 2.86. The van der Waals surface area contributed by atoms with Crippen molar-refractivity contribution < 1.29 is 28.0 Å². The van der Waals surface area contributed by atoms with Gasteiger partial charge in [0.2, 0.25) is 0 Å². The summed E-state index contributed by atoms with van der Waals surface area (Å²) in [6.45, 7) is -0.0610. The van der Waals surface area contributed by atoms with Crippen molar-refractivity contribution in [2.24, 2.45) is 0 Å². The van der Waals surface area contributed by atoms with Gasteiger partial charge in [-0.15, -0.1) is 18.8 Å². The molecule has 0 spiro atoms. The lowest BCUT2D eigenvalue weighted by molar-refractivity contribution is 0.303. The van der Waals surface area contributed by atoms with Gasteiger partial charge in [-0.25, -0.2) is 0 Å². The second kappa shape index (κ2) is 7.43. The molecule has 0 aliphatic rings. The van der Waals surface area contributed by atoms with Gasteiger partial charge in [-0.1, -0.05) is 12.2 Å². The van der Waals surface area contributed by atoms with Gasteiger partial charge in [-0.2, -0.15) is 0 Å². The highest BCUT2D eigenvalue weighted by Gasteiger charge is 2.10. The molecule has 8 heteroatoms. The van der Waals surface area contributed by atoms with Crippen LogP contribution in [0.5, 0.6) is 0 Å². The summed E-state index contributed by atoms with van der Waals surface area (Å²) in [5.41, 5.74) is 0. The zero-order valence-corrected chi connectivity index (χ0v) is 7.78. The largest absolute Gasteiger partial charge is 0.695 e. The maximum atomic E-state index is 9.91. The molecule has 2 unspecified atom stereocenters. The standard InChI is InChI=1S/C4H6O6P2/c5-11(6)9-3-1-2-4-10-12(7)8/h1-2H,3-4H2/p+2/b2-1+. The SMILES string of the molecule is O=[P+](O)OC/C=C/CO[P+](=O)O. The summed E-state index contributed by atoms with van der Waals surface area (Å²) in [6.07, 6.45) is 2.81. The molecular formula is C4H8O6P2+2. The van der Waals surface area contributed by atoms with Gasteiger partial charge < -0.3 is 0 Å². The molecule has 0 radical (unpaired) electrons. The monoisotopic (exact) mass is 214 g/mol. The number of hydrogen-bond donors (Lipinski definition) is 2. The molecule has 0 heterocycles. The van der Waals surface area contributed by atoms with Crippen LogP contribution in [0.25, 0.3) is 0 Å². The van der Waals surface area contributed by atoms with Crippen molar-refractivity contribution >= 4 is 16.5 Å². The summed E-state index contributed by atoms with van der Waals surface area (Å²) in [4.78, 5) is 16.3. The van der Waals surface area contributed by atoms with E-state index in [-0.39, 0.29) is 13.2 Å². The van der Waals surface area contributed by atoms with Crippen LogP contribution in [-0.4, -0.2) is 23.0 Å². The zero-order valence-electron chi connectivity index (χ0n) is 5.99. The van der Waals surface area contributed by atoms with Crippen LogP contribution in [0.2, 0.25) is 0 Å². The highest BCUT2D eigenvalue weighted by atomic mass is 31.1. The third-order valence-corrected chi connectivity index (χ3v) is 1.47. The predicted octanol–water partition coefficient (Wildman–Crippen LogP) is 0.875. The Labute approximate surface area is 70.7 Å². The summed E-state index contributed by atoms with van der Waals surface area (Å²) in [6, 6.07) is 0. The molecule has 68 valence electrons. The maximum Gasteiger partial charge on any atom is 0.695 e. The average molecular weight is 214 g/mol. The van der Waals surface area contributed by atoms with Crippen LogP contribution in [0.1, 0.15) is 0 Å². The fraction of sp³-hybridized carbons (Fsp3) is 0.500. The van der Waals surface area contributed by atoms with Crippen molar-refractivity contribution in [2.75, 3.05) is 13.2 Å². The second-order valence-corrected chi connectivity index (χ2v) is 3.01. The van der Waals surface area contributed by atoms with Crippen molar-refractivity contribution in [3.8, 4) is 0 Å². The molecule has 0 aliphatic heterocycles. The van der Waals surface area contributed by atoms with E-state index in [1.54, 1.807) is 0 Å². The first-order chi connectivity index (χ1) is 5.63. The Kier molecular flexibility index (Phi) is 7.29. The molecule has 0 aromatic rings. The molecular weight excluding hydrogens is 206 g/mol. The number of rotatable bonds is 6. The Balaban J connectivity index is 3.26. The van der Waals surface area contributed by atoms with Gasteiger partial charge >= 0.3 is 16.5 Å². The van der Waals surface area contributed by atoms with E-state index in [1.807, 2.05) is 0 Å². The van der Waals surface area contributed by atoms with Crippen molar-refractivity contribution in [1.82, 2.24) is 0 Å². The fourth-order valence-corrected chi connectivity index (χ4v) is 0.777. The van der Waals surface area contributed by atoms with Crippen molar-refractivity contribution in [3.63, 3.8) is 0 Å². The minimum Gasteiger partial charge on any atom is -0.133 e. The first kappa shape index (κ1) is 11.8. The van der Waals surface area contributed by atoms with Gasteiger partial charge in [0.15, 0.2) is 0 Å². The molecule has 6 nitrogen and oxygen atoms in total. The van der Waals surface area contributed by atoms with E-state index in [2.05, 4.69) is 9.05 Å². The van der Waals surface area contributed by atoms with E-state index in [9.17, 15) is 9.13 Å². The maximum absolute atomic E-state index is 9.91. The molecule has 0 aromatic carbocycles. The molecule has 0 saturated heterocycles. The van der Waals surface area contributed by atoms with E-state index < -0.39 is 16.5 Å². The third-order valence-electron chi connectivity index (χ3n) is 0.729. The number of hydrogen-bond acceptors (Lipinski definition) is 4. The smallest absolute Gasteiger partial charge is 0.133 e. The normalized spacial score (nSPS) is 13.5. The zero-order chi connectivity index (χ0) is 9.40. The summed E-state index contributed by atoms with van der Waals surface area (Å²) < 4.78 is 28.3. The van der Waals surface area contributed by atoms with Gasteiger partial charge in [0, 0.05) is 9.13 Å². The van der Waals surface area contributed by atoms with Crippen LogP contribution < -0.4 is 0 Å². The lowest BCUT2D eigenvalue weighted by Gasteiger charge is -1.79. The molecule has 0 rings (SSSR count). The van der Waals surface area contributed by atoms with E-state index in [0.717, 1.165) is 0 Å². The lowest BCUT2D eigenvalue weighted by atomic mass is 10.5. The predicted molar refractivity (Wildman–Crippen MR) is 40.7 cm³/mol. The van der Waals surface area contributed by atoms with Gasteiger partial charge in [0.05, 0.1) is 0 Å². The summed E-state index contributed by atoms with van der Waals surface area (Å²) in [7, 11) is -5.17. The summed E-state index contributed by atoms with van der Waals surface area (Å²) >= 11 is 0. The van der Waals surface area contributed by atoms with Gasteiger partial charge in [0.1, 0.15) is 13.2 Å². The average Bonchev–Trinajstić information content (AvgIpc) is 1.95. The molecule has 2 atom stereocenters. The van der Waals surface area contributed by atoms with Crippen LogP contribution in [0.4, 0.5) is 0 Å². The van der Waals surface area contributed by atoms with E-state index >= 15 is 0 Å². The van der Waals surface area contributed by atoms with Crippen LogP contribution in [0.15, 0.2) is 12.2 Å². The molecule has 0 fully saturated rings. The summed E-state index contributed by atoms with van der Waals surface area (Å²) in [5, 5.41) is 0. The van der Waals surface area contributed by atoms with Crippen LogP contribution in [0.3, 0.4) is 0 Å². The molecule has 0 saturated carbocycles. The first-order valence-corrected chi connectivity index (χ1v) is 5.12. The van der Waals surface area contributed by atoms with Crippen LogP contribution >= 0.6 is 16.5 Å². The van der Waals surface area contributed by atoms with Gasteiger partial charge in [-0.3, -0.25) is 0 Å². The molecule has 0 amide bonds. The van der Waals surface area contributed by atoms with Crippen molar-refractivity contribution in [3.05, 3.63) is 12.2 Å². The van der Waals surface area contributed by atoms with E-state index in [0.29, 0.717) is 0 Å². The second-order valence-electron chi connectivity index (χ2n) is 1.54. The molecule has 0 bridgehead atoms. The molecule has 2 N–H and O–H groups in total. The van der Waals surface area contributed by atoms with Crippen LogP contribution in [0, 0.1) is 0 Å². The Morgan fingerprint density at radius 1 is 1.00 bits per heavy atom. The Morgan fingerprint density at radius 2 is 1.33 bits per heavy atom. The molecule has 0 aliphatic carbocycles. The minimum absolute atomic E-state index is 0.0305. The van der Waals surface area contributed by atoms with Crippen LogP contribution in [-0.2, 0) is 18.2 Å². The van der Waals surface area contributed by atoms with E-state index in [1.165, 1.54) is 12.2 Å². The third kappa shape index (κ3) is 9.78. The Morgan fingerprint density at radius 3 is 1.58 bits per heavy atom. The molecule has 12 heavy (non-hydrogen) atoms. The molecule has 0 aromatic heterocycles. The fourth-order valence-electron chi connectivity index (χ4n) is 0.350. The topological polar surface area (TPSA) is 93.1 Å². The van der Waals surface area contributed by atoms with Gasteiger partial charge in [0.25, 0.3) is 0 Å². The van der Waals surface area contributed by atoms with E-state index in [4.69, 9.17) is 9.79 Å².